The Kier molecular flexibility index (Phi) is 3.84. The second-order valence-electron chi connectivity index (χ2n) is 3.17. The first kappa shape index (κ1) is 12.0. The average molecular weight is 222 g/mol. The van der Waals surface area contributed by atoms with Crippen LogP contribution >= 0.6 is 0 Å². The van der Waals surface area contributed by atoms with Crippen molar-refractivity contribution < 1.29 is 13.9 Å². The number of carbonyl (C=O) groups is 1. The molecule has 1 amide bonds. The molecule has 0 spiro atoms. The van der Waals surface area contributed by atoms with E-state index in [4.69, 9.17) is 10.00 Å². The number of hydrogen-bond donors (Lipinski definition) is 0. The lowest BCUT2D eigenvalue weighted by Gasteiger charge is -2.13. The summed E-state index contributed by atoms with van der Waals surface area (Å²) in [5.74, 6) is -0.863. The SMILES string of the molecule is COc1cc(C(=O)N(C)CC#N)ccc1F. The van der Waals surface area contributed by atoms with Crippen molar-refractivity contribution in [2.75, 3.05) is 20.7 Å². The van der Waals surface area contributed by atoms with Crippen molar-refractivity contribution in [3.63, 3.8) is 0 Å². The maximum absolute atomic E-state index is 13.1. The van der Waals surface area contributed by atoms with Crippen molar-refractivity contribution in [1.82, 2.24) is 4.90 Å². The minimum atomic E-state index is -0.526. The van der Waals surface area contributed by atoms with Gasteiger partial charge in [-0.3, -0.25) is 4.79 Å². The van der Waals surface area contributed by atoms with Gasteiger partial charge in [-0.1, -0.05) is 0 Å². The number of hydrogen-bond acceptors (Lipinski definition) is 3. The van der Waals surface area contributed by atoms with Crippen LogP contribution in [0.3, 0.4) is 0 Å². The molecule has 0 aromatic heterocycles. The number of ether oxygens (including phenoxy) is 1. The first-order chi connectivity index (χ1) is 7.60. The number of benzene rings is 1. The zero-order chi connectivity index (χ0) is 12.1. The molecule has 0 saturated carbocycles. The summed E-state index contributed by atoms with van der Waals surface area (Å²) in [7, 11) is 2.83. The van der Waals surface area contributed by atoms with Gasteiger partial charge in [0.2, 0.25) is 0 Å². The Bertz CT molecular complexity index is 440. The van der Waals surface area contributed by atoms with E-state index < -0.39 is 5.82 Å². The third-order valence-electron chi connectivity index (χ3n) is 2.05. The molecule has 4 nitrogen and oxygen atoms in total. The fourth-order valence-electron chi connectivity index (χ4n) is 1.19. The second kappa shape index (κ2) is 5.12. The number of nitriles is 1. The summed E-state index contributed by atoms with van der Waals surface area (Å²) in [5, 5.41) is 8.45. The fraction of sp³-hybridized carbons (Fsp3) is 0.273. The molecular weight excluding hydrogens is 211 g/mol. The number of halogens is 1. The van der Waals surface area contributed by atoms with Crippen molar-refractivity contribution in [2.45, 2.75) is 0 Å². The lowest BCUT2D eigenvalue weighted by atomic mass is 10.2. The Morgan fingerprint density at radius 3 is 2.88 bits per heavy atom. The molecule has 16 heavy (non-hydrogen) atoms. The predicted molar refractivity (Wildman–Crippen MR) is 55.5 cm³/mol. The molecule has 5 heteroatoms. The van der Waals surface area contributed by atoms with E-state index in [1.807, 2.05) is 6.07 Å². The van der Waals surface area contributed by atoms with Crippen LogP contribution in [0.25, 0.3) is 0 Å². The summed E-state index contributed by atoms with van der Waals surface area (Å²) < 4.78 is 17.8. The van der Waals surface area contributed by atoms with Crippen LogP contribution < -0.4 is 4.74 Å². The van der Waals surface area contributed by atoms with Crippen LogP contribution in [-0.2, 0) is 0 Å². The van der Waals surface area contributed by atoms with Gasteiger partial charge < -0.3 is 9.64 Å². The van der Waals surface area contributed by atoms with Gasteiger partial charge in [0.25, 0.3) is 5.91 Å². The third-order valence-corrected chi connectivity index (χ3v) is 2.05. The van der Waals surface area contributed by atoms with Crippen LogP contribution in [0.1, 0.15) is 10.4 Å². The molecule has 84 valence electrons. The molecule has 0 saturated heterocycles. The van der Waals surface area contributed by atoms with Gasteiger partial charge in [0, 0.05) is 12.6 Å². The van der Waals surface area contributed by atoms with Crippen LogP contribution in [0.5, 0.6) is 5.75 Å². The van der Waals surface area contributed by atoms with E-state index in [2.05, 4.69) is 0 Å². The maximum Gasteiger partial charge on any atom is 0.254 e. The number of methoxy groups -OCH3 is 1. The lowest BCUT2D eigenvalue weighted by Crippen LogP contribution is -2.26. The van der Waals surface area contributed by atoms with E-state index in [-0.39, 0.29) is 23.8 Å². The fourth-order valence-corrected chi connectivity index (χ4v) is 1.19. The molecule has 1 aromatic rings. The van der Waals surface area contributed by atoms with Gasteiger partial charge in [-0.05, 0) is 18.2 Å². The summed E-state index contributed by atoms with van der Waals surface area (Å²) in [6.45, 7) is -0.0154. The van der Waals surface area contributed by atoms with Gasteiger partial charge in [-0.2, -0.15) is 5.26 Å². The van der Waals surface area contributed by atoms with Crippen molar-refractivity contribution in [3.05, 3.63) is 29.6 Å². The number of rotatable bonds is 3. The highest BCUT2D eigenvalue weighted by Crippen LogP contribution is 2.18. The van der Waals surface area contributed by atoms with E-state index in [1.165, 1.54) is 31.2 Å². The van der Waals surface area contributed by atoms with Gasteiger partial charge >= 0.3 is 0 Å². The highest BCUT2D eigenvalue weighted by molar-refractivity contribution is 5.94. The summed E-state index contributed by atoms with van der Waals surface area (Å²) in [6, 6.07) is 5.68. The Morgan fingerprint density at radius 2 is 2.31 bits per heavy atom. The molecule has 0 aliphatic rings. The first-order valence-electron chi connectivity index (χ1n) is 4.56. The zero-order valence-corrected chi connectivity index (χ0v) is 9.03. The van der Waals surface area contributed by atoms with Gasteiger partial charge in [0.05, 0.1) is 13.2 Å². The van der Waals surface area contributed by atoms with E-state index in [9.17, 15) is 9.18 Å². The normalized spacial score (nSPS) is 9.38. The van der Waals surface area contributed by atoms with E-state index >= 15 is 0 Å². The molecule has 0 radical (unpaired) electrons. The molecular formula is C11H11FN2O2. The highest BCUT2D eigenvalue weighted by Gasteiger charge is 2.13. The smallest absolute Gasteiger partial charge is 0.254 e. The Labute approximate surface area is 92.8 Å². The van der Waals surface area contributed by atoms with Crippen molar-refractivity contribution >= 4 is 5.91 Å². The summed E-state index contributed by atoms with van der Waals surface area (Å²) in [6.07, 6.45) is 0. The van der Waals surface area contributed by atoms with E-state index in [1.54, 1.807) is 0 Å². The highest BCUT2D eigenvalue weighted by atomic mass is 19.1. The summed E-state index contributed by atoms with van der Waals surface area (Å²) in [4.78, 5) is 13.0. The Morgan fingerprint density at radius 1 is 1.62 bits per heavy atom. The molecule has 0 bridgehead atoms. The maximum atomic E-state index is 13.1. The minimum Gasteiger partial charge on any atom is -0.494 e. The standard InChI is InChI=1S/C11H11FN2O2/c1-14(6-5-13)11(15)8-3-4-9(12)10(7-8)16-2/h3-4,7H,6H2,1-2H3. The van der Waals surface area contributed by atoms with E-state index in [0.29, 0.717) is 0 Å². The van der Waals surface area contributed by atoms with Crippen LogP contribution in [0.2, 0.25) is 0 Å². The van der Waals surface area contributed by atoms with Gasteiger partial charge in [0.15, 0.2) is 11.6 Å². The number of amides is 1. The predicted octanol–water partition coefficient (Wildman–Crippen LogP) is 1.43. The van der Waals surface area contributed by atoms with Crippen LogP contribution in [-0.4, -0.2) is 31.5 Å². The Balaban J connectivity index is 2.97. The van der Waals surface area contributed by atoms with Crippen molar-refractivity contribution in [2.24, 2.45) is 0 Å². The monoisotopic (exact) mass is 222 g/mol. The number of nitrogens with zero attached hydrogens (tertiary/aromatic N) is 2. The molecule has 0 atom stereocenters. The average Bonchev–Trinajstić information content (AvgIpc) is 2.29. The minimum absolute atomic E-state index is 0.0104. The zero-order valence-electron chi connectivity index (χ0n) is 9.03. The largest absolute Gasteiger partial charge is 0.494 e. The quantitative estimate of drug-likeness (QED) is 0.727. The van der Waals surface area contributed by atoms with Crippen molar-refractivity contribution in [3.8, 4) is 11.8 Å². The molecule has 0 fully saturated rings. The van der Waals surface area contributed by atoms with Gasteiger partial charge in [-0.25, -0.2) is 4.39 Å². The number of carbonyl (C=O) groups excluding carboxylic acids is 1. The molecule has 0 aliphatic carbocycles. The molecule has 1 rings (SSSR count). The Hall–Kier alpha value is -2.09. The first-order valence-corrected chi connectivity index (χ1v) is 4.56. The van der Waals surface area contributed by atoms with E-state index in [0.717, 1.165) is 6.07 Å². The third kappa shape index (κ3) is 2.48. The molecule has 0 unspecified atom stereocenters. The van der Waals surface area contributed by atoms with Crippen LogP contribution in [0, 0.1) is 17.1 Å². The van der Waals surface area contributed by atoms with Gasteiger partial charge in [0.1, 0.15) is 6.54 Å². The lowest BCUT2D eigenvalue weighted by molar-refractivity contribution is 0.0811. The molecule has 0 N–H and O–H groups in total. The van der Waals surface area contributed by atoms with Crippen molar-refractivity contribution in [1.29, 1.82) is 5.26 Å². The molecule has 0 aliphatic heterocycles. The molecule has 0 heterocycles. The second-order valence-corrected chi connectivity index (χ2v) is 3.17. The van der Waals surface area contributed by atoms with Gasteiger partial charge in [-0.15, -0.1) is 0 Å². The summed E-state index contributed by atoms with van der Waals surface area (Å²) in [5.41, 5.74) is 0.288. The van der Waals surface area contributed by atoms with Crippen LogP contribution in [0.4, 0.5) is 4.39 Å². The topological polar surface area (TPSA) is 53.3 Å². The van der Waals surface area contributed by atoms with Crippen LogP contribution in [0.15, 0.2) is 18.2 Å². The molecule has 1 aromatic carbocycles. The summed E-state index contributed by atoms with van der Waals surface area (Å²) >= 11 is 0.